The normalized spacial score (nSPS) is 10.8. The molecule has 0 atom stereocenters. The molecule has 0 radical (unpaired) electrons. The lowest BCUT2D eigenvalue weighted by atomic mass is 10.0. The Morgan fingerprint density at radius 1 is 1.03 bits per heavy atom. The predicted molar refractivity (Wildman–Crippen MR) is 120 cm³/mol. The monoisotopic (exact) mass is 432 g/mol. The first kappa shape index (κ1) is 20.5. The van der Waals surface area contributed by atoms with Gasteiger partial charge in [0.25, 0.3) is 5.91 Å². The van der Waals surface area contributed by atoms with Crippen LogP contribution in [-0.4, -0.2) is 50.7 Å². The number of carbonyl (C=O) groups is 2. The maximum Gasteiger partial charge on any atom is 0.355 e. The summed E-state index contributed by atoms with van der Waals surface area (Å²) in [5.41, 5.74) is 4.71. The number of benzene rings is 2. The Balaban J connectivity index is 1.94. The van der Waals surface area contributed by atoms with Gasteiger partial charge in [0.15, 0.2) is 5.69 Å². The topological polar surface area (TPSA) is 88.3 Å². The summed E-state index contributed by atoms with van der Waals surface area (Å²) >= 11 is 1.21. The third kappa shape index (κ3) is 3.85. The number of amides is 1. The molecule has 0 unspecified atom stereocenters. The second-order valence-electron chi connectivity index (χ2n) is 7.20. The summed E-state index contributed by atoms with van der Waals surface area (Å²) in [5, 5.41) is 16.0. The molecule has 0 fully saturated rings. The molecule has 156 valence electrons. The number of hydrogen-bond acceptors (Lipinski definition) is 5. The predicted octanol–water partition coefficient (Wildman–Crippen LogP) is 4.37. The van der Waals surface area contributed by atoms with E-state index in [-0.39, 0.29) is 11.6 Å². The van der Waals surface area contributed by atoms with E-state index in [1.54, 1.807) is 24.8 Å². The fourth-order valence-corrected chi connectivity index (χ4v) is 4.11. The zero-order valence-electron chi connectivity index (χ0n) is 17.2. The molecule has 0 aliphatic rings. The second kappa shape index (κ2) is 8.16. The lowest BCUT2D eigenvalue weighted by molar-refractivity contribution is 0.0690. The molecule has 1 amide bonds. The van der Waals surface area contributed by atoms with Crippen molar-refractivity contribution < 1.29 is 14.7 Å². The van der Waals surface area contributed by atoms with Gasteiger partial charge in [-0.15, -0.1) is 11.3 Å². The van der Waals surface area contributed by atoms with E-state index in [0.717, 1.165) is 28.1 Å². The van der Waals surface area contributed by atoms with Crippen molar-refractivity contribution in [1.29, 1.82) is 0 Å². The molecule has 1 N–H and O–H groups in total. The van der Waals surface area contributed by atoms with Gasteiger partial charge >= 0.3 is 5.97 Å². The van der Waals surface area contributed by atoms with Gasteiger partial charge in [0.2, 0.25) is 5.13 Å². The molecule has 2 aromatic heterocycles. The highest BCUT2D eigenvalue weighted by Gasteiger charge is 2.22. The van der Waals surface area contributed by atoms with Crippen molar-refractivity contribution >= 4 is 23.2 Å². The minimum absolute atomic E-state index is 0.0306. The first-order chi connectivity index (χ1) is 14.9. The van der Waals surface area contributed by atoms with Gasteiger partial charge in [-0.1, -0.05) is 42.5 Å². The van der Waals surface area contributed by atoms with Gasteiger partial charge in [-0.2, -0.15) is 5.10 Å². The number of rotatable bonds is 5. The Hall–Kier alpha value is -3.78. The lowest BCUT2D eigenvalue weighted by Gasteiger charge is -2.12. The van der Waals surface area contributed by atoms with E-state index < -0.39 is 5.97 Å². The first-order valence-electron chi connectivity index (χ1n) is 9.53. The fourth-order valence-electron chi connectivity index (χ4n) is 3.36. The van der Waals surface area contributed by atoms with E-state index in [9.17, 15) is 14.7 Å². The highest BCUT2D eigenvalue weighted by Crippen LogP contribution is 2.34. The minimum atomic E-state index is -1.09. The van der Waals surface area contributed by atoms with Crippen LogP contribution in [0.2, 0.25) is 0 Å². The fraction of sp³-hybridized carbons (Fsp3) is 0.130. The standard InChI is InChI=1S/C23H20N4O3S/c1-14-19(15-8-5-4-6-9-15)25-27(23-24-18(13-31-23)22(29)30)20(14)16-10-7-11-17(12-16)21(28)26(2)3/h4-13H,1-3H3,(H,29,30). The number of hydrogen-bond donors (Lipinski definition) is 1. The maximum atomic E-state index is 12.5. The molecule has 7 nitrogen and oxygen atoms in total. The molecule has 2 heterocycles. The molecule has 0 bridgehead atoms. The SMILES string of the molecule is Cc1c(-c2ccccc2)nn(-c2nc(C(=O)O)cs2)c1-c1cccc(C(=O)N(C)C)c1. The molecule has 8 heteroatoms. The van der Waals surface area contributed by atoms with Crippen LogP contribution in [0.5, 0.6) is 0 Å². The van der Waals surface area contributed by atoms with Crippen molar-refractivity contribution in [2.24, 2.45) is 0 Å². The quantitative estimate of drug-likeness (QED) is 0.506. The van der Waals surface area contributed by atoms with Gasteiger partial charge in [-0.3, -0.25) is 4.79 Å². The van der Waals surface area contributed by atoms with Crippen LogP contribution in [0.1, 0.15) is 26.4 Å². The number of aromatic nitrogens is 3. The molecule has 4 rings (SSSR count). The van der Waals surface area contributed by atoms with Crippen molar-refractivity contribution in [1.82, 2.24) is 19.7 Å². The van der Waals surface area contributed by atoms with Gasteiger partial charge in [-0.05, 0) is 19.1 Å². The number of nitrogens with zero attached hydrogens (tertiary/aromatic N) is 4. The Morgan fingerprint density at radius 3 is 2.39 bits per heavy atom. The minimum Gasteiger partial charge on any atom is -0.476 e. The van der Waals surface area contributed by atoms with Gasteiger partial charge < -0.3 is 10.0 Å². The van der Waals surface area contributed by atoms with E-state index in [1.165, 1.54) is 21.6 Å². The van der Waals surface area contributed by atoms with Crippen LogP contribution in [0, 0.1) is 6.92 Å². The Kier molecular flexibility index (Phi) is 5.39. The molecular weight excluding hydrogens is 412 g/mol. The molecule has 0 aliphatic heterocycles. The zero-order chi connectivity index (χ0) is 22.1. The van der Waals surface area contributed by atoms with Crippen molar-refractivity contribution in [3.8, 4) is 27.6 Å². The largest absolute Gasteiger partial charge is 0.476 e. The van der Waals surface area contributed by atoms with E-state index in [2.05, 4.69) is 4.98 Å². The second-order valence-corrected chi connectivity index (χ2v) is 8.04. The highest BCUT2D eigenvalue weighted by molar-refractivity contribution is 7.12. The summed E-state index contributed by atoms with van der Waals surface area (Å²) in [6.07, 6.45) is 0. The summed E-state index contributed by atoms with van der Waals surface area (Å²) in [5.74, 6) is -1.19. The van der Waals surface area contributed by atoms with Crippen molar-refractivity contribution in [2.45, 2.75) is 6.92 Å². The maximum absolute atomic E-state index is 12.5. The van der Waals surface area contributed by atoms with E-state index in [1.807, 2.05) is 55.5 Å². The van der Waals surface area contributed by atoms with Gasteiger partial charge in [-0.25, -0.2) is 14.5 Å². The average Bonchev–Trinajstić information content (AvgIpc) is 3.39. The summed E-state index contributed by atoms with van der Waals surface area (Å²) in [4.78, 5) is 29.6. The Labute approximate surface area is 183 Å². The molecule has 0 spiro atoms. The summed E-state index contributed by atoms with van der Waals surface area (Å²) in [6, 6.07) is 17.1. The molecule has 0 aliphatic carbocycles. The molecule has 0 saturated heterocycles. The molecule has 4 aromatic rings. The van der Waals surface area contributed by atoms with E-state index in [0.29, 0.717) is 10.7 Å². The van der Waals surface area contributed by atoms with E-state index in [4.69, 9.17) is 5.10 Å². The first-order valence-corrected chi connectivity index (χ1v) is 10.4. The van der Waals surface area contributed by atoms with Crippen LogP contribution >= 0.6 is 11.3 Å². The van der Waals surface area contributed by atoms with Gasteiger partial charge in [0.05, 0.1) is 11.4 Å². The Bertz CT molecular complexity index is 1280. The smallest absolute Gasteiger partial charge is 0.355 e. The number of carbonyl (C=O) groups excluding carboxylic acids is 1. The van der Waals surface area contributed by atoms with Crippen LogP contribution in [0.4, 0.5) is 0 Å². The van der Waals surface area contributed by atoms with E-state index >= 15 is 0 Å². The van der Waals surface area contributed by atoms with Crippen LogP contribution in [0.3, 0.4) is 0 Å². The number of carboxylic acid groups (broad SMARTS) is 1. The summed E-state index contributed by atoms with van der Waals surface area (Å²) in [7, 11) is 3.42. The molecular formula is C23H20N4O3S. The summed E-state index contributed by atoms with van der Waals surface area (Å²) in [6.45, 7) is 1.97. The van der Waals surface area contributed by atoms with Crippen LogP contribution < -0.4 is 0 Å². The number of carboxylic acids is 1. The molecule has 0 saturated carbocycles. The zero-order valence-corrected chi connectivity index (χ0v) is 18.1. The van der Waals surface area contributed by atoms with Gasteiger partial charge in [0.1, 0.15) is 0 Å². The number of aromatic carboxylic acids is 1. The number of thiazole rings is 1. The van der Waals surface area contributed by atoms with Gasteiger partial charge in [0, 0.05) is 41.7 Å². The Morgan fingerprint density at radius 2 is 1.74 bits per heavy atom. The highest BCUT2D eigenvalue weighted by atomic mass is 32.1. The third-order valence-electron chi connectivity index (χ3n) is 4.85. The average molecular weight is 433 g/mol. The van der Waals surface area contributed by atoms with Crippen LogP contribution in [0.15, 0.2) is 60.0 Å². The third-order valence-corrected chi connectivity index (χ3v) is 5.67. The van der Waals surface area contributed by atoms with Crippen LogP contribution in [-0.2, 0) is 0 Å². The van der Waals surface area contributed by atoms with Crippen molar-refractivity contribution in [3.63, 3.8) is 0 Å². The summed E-state index contributed by atoms with van der Waals surface area (Å²) < 4.78 is 1.66. The van der Waals surface area contributed by atoms with Crippen LogP contribution in [0.25, 0.3) is 27.6 Å². The van der Waals surface area contributed by atoms with Crippen molar-refractivity contribution in [2.75, 3.05) is 14.1 Å². The van der Waals surface area contributed by atoms with Crippen molar-refractivity contribution in [3.05, 3.63) is 76.8 Å². The molecule has 2 aromatic carbocycles. The lowest BCUT2D eigenvalue weighted by Crippen LogP contribution is -2.21. The molecule has 31 heavy (non-hydrogen) atoms.